The number of hydrogen-bond acceptors (Lipinski definition) is 3. The molecule has 3 aromatic rings. The molecule has 0 unspecified atom stereocenters. The van der Waals surface area contributed by atoms with E-state index in [1.54, 1.807) is 11.9 Å². The van der Waals surface area contributed by atoms with Crippen LogP contribution in [-0.2, 0) is 11.2 Å². The van der Waals surface area contributed by atoms with Crippen molar-refractivity contribution in [3.05, 3.63) is 95.6 Å². The van der Waals surface area contributed by atoms with Gasteiger partial charge in [-0.05, 0) is 47.1 Å². The Morgan fingerprint density at radius 3 is 2.13 bits per heavy atom. The Balaban J connectivity index is 1.46. The van der Waals surface area contributed by atoms with Crippen LogP contribution in [-0.4, -0.2) is 42.4 Å². The van der Waals surface area contributed by atoms with Crippen LogP contribution in [0.1, 0.15) is 35.4 Å². The zero-order chi connectivity index (χ0) is 21.6. The van der Waals surface area contributed by atoms with Gasteiger partial charge in [-0.3, -0.25) is 0 Å². The minimum absolute atomic E-state index is 0.0230. The van der Waals surface area contributed by atoms with Crippen molar-refractivity contribution in [2.24, 2.45) is 0 Å². The molecule has 1 amide bonds. The first kappa shape index (κ1) is 21.1. The van der Waals surface area contributed by atoms with E-state index in [4.69, 9.17) is 4.74 Å². The summed E-state index contributed by atoms with van der Waals surface area (Å²) in [6, 6.07) is 26.8. The molecule has 0 saturated carbocycles. The van der Waals surface area contributed by atoms with Gasteiger partial charge < -0.3 is 14.7 Å². The number of fused-ring (bicyclic) bond motifs is 3. The van der Waals surface area contributed by atoms with Crippen molar-refractivity contribution in [1.82, 2.24) is 4.90 Å². The Morgan fingerprint density at radius 1 is 0.935 bits per heavy atom. The lowest BCUT2D eigenvalue weighted by molar-refractivity contribution is 0.0910. The third-order valence-corrected chi connectivity index (χ3v) is 6.18. The summed E-state index contributed by atoms with van der Waals surface area (Å²) in [6.45, 7) is 0.430. The van der Waals surface area contributed by atoms with Gasteiger partial charge in [0.15, 0.2) is 0 Å². The summed E-state index contributed by atoms with van der Waals surface area (Å²) in [7, 11) is 1.80. The van der Waals surface area contributed by atoms with Gasteiger partial charge in [0, 0.05) is 25.6 Å². The molecule has 0 aliphatic heterocycles. The van der Waals surface area contributed by atoms with Crippen molar-refractivity contribution >= 4 is 6.09 Å². The van der Waals surface area contributed by atoms with Gasteiger partial charge in [0.1, 0.15) is 6.61 Å². The van der Waals surface area contributed by atoms with Crippen molar-refractivity contribution in [2.75, 3.05) is 20.3 Å². The van der Waals surface area contributed by atoms with E-state index < -0.39 is 0 Å². The summed E-state index contributed by atoms with van der Waals surface area (Å²) in [5.74, 6) is 0.0507. The quantitative estimate of drug-likeness (QED) is 0.547. The molecule has 0 radical (unpaired) electrons. The van der Waals surface area contributed by atoms with E-state index in [9.17, 15) is 9.90 Å². The van der Waals surface area contributed by atoms with Crippen molar-refractivity contribution < 1.29 is 14.6 Å². The molecular weight excluding hydrogens is 386 g/mol. The molecule has 4 heteroatoms. The number of rotatable bonds is 8. The largest absolute Gasteiger partial charge is 0.448 e. The smallest absolute Gasteiger partial charge is 0.409 e. The number of amides is 1. The summed E-state index contributed by atoms with van der Waals surface area (Å²) in [4.78, 5) is 14.6. The summed E-state index contributed by atoms with van der Waals surface area (Å²) in [5, 5.41) is 9.30. The number of hydrogen-bond donors (Lipinski definition) is 1. The van der Waals surface area contributed by atoms with Gasteiger partial charge in [-0.25, -0.2) is 4.79 Å². The first-order valence-electron chi connectivity index (χ1n) is 10.9. The fourth-order valence-corrected chi connectivity index (χ4v) is 4.49. The van der Waals surface area contributed by atoms with Crippen LogP contribution in [0.4, 0.5) is 4.79 Å². The highest BCUT2D eigenvalue weighted by Crippen LogP contribution is 2.44. The Kier molecular flexibility index (Phi) is 6.68. The number of aliphatic hydroxyl groups is 1. The van der Waals surface area contributed by atoms with E-state index in [1.807, 2.05) is 42.5 Å². The van der Waals surface area contributed by atoms with Crippen LogP contribution >= 0.6 is 0 Å². The maximum Gasteiger partial charge on any atom is 0.409 e. The van der Waals surface area contributed by atoms with E-state index >= 15 is 0 Å². The number of carbonyl (C=O) groups is 1. The maximum absolute atomic E-state index is 13.0. The summed E-state index contributed by atoms with van der Waals surface area (Å²) in [6.07, 6.45) is 1.80. The number of carbonyl (C=O) groups excluding carboxylic acids is 1. The molecule has 160 valence electrons. The molecule has 0 aromatic heterocycles. The molecule has 0 heterocycles. The molecular formula is C27H29NO3. The fourth-order valence-electron chi connectivity index (χ4n) is 4.49. The topological polar surface area (TPSA) is 49.8 Å². The van der Waals surface area contributed by atoms with Crippen molar-refractivity contribution in [2.45, 2.75) is 31.2 Å². The predicted molar refractivity (Wildman–Crippen MR) is 123 cm³/mol. The predicted octanol–water partition coefficient (Wildman–Crippen LogP) is 5.25. The van der Waals surface area contributed by atoms with E-state index in [-0.39, 0.29) is 24.7 Å². The SMILES string of the molecule is CN(C(=O)OCC1c2ccccc2-c2ccccc21)[C@H](CCCO)Cc1ccccc1. The van der Waals surface area contributed by atoms with Crippen LogP contribution in [0, 0.1) is 0 Å². The third kappa shape index (κ3) is 4.64. The van der Waals surface area contributed by atoms with E-state index in [0.717, 1.165) is 12.8 Å². The minimum Gasteiger partial charge on any atom is -0.448 e. The van der Waals surface area contributed by atoms with Crippen LogP contribution in [0.2, 0.25) is 0 Å². The van der Waals surface area contributed by atoms with E-state index in [0.29, 0.717) is 13.0 Å². The highest BCUT2D eigenvalue weighted by Gasteiger charge is 2.30. The third-order valence-electron chi connectivity index (χ3n) is 6.18. The van der Waals surface area contributed by atoms with Gasteiger partial charge in [0.2, 0.25) is 0 Å². The first-order chi connectivity index (χ1) is 15.2. The molecule has 0 spiro atoms. The molecule has 4 rings (SSSR count). The second-order valence-corrected chi connectivity index (χ2v) is 8.12. The normalized spacial score (nSPS) is 13.4. The Hall–Kier alpha value is -3.11. The van der Waals surface area contributed by atoms with Gasteiger partial charge in [0.25, 0.3) is 0 Å². The van der Waals surface area contributed by atoms with Crippen molar-refractivity contribution in [3.63, 3.8) is 0 Å². The molecule has 0 bridgehead atoms. The van der Waals surface area contributed by atoms with Crippen LogP contribution < -0.4 is 0 Å². The summed E-state index contributed by atoms with van der Waals surface area (Å²) >= 11 is 0. The van der Waals surface area contributed by atoms with Gasteiger partial charge >= 0.3 is 6.09 Å². The number of aliphatic hydroxyl groups excluding tert-OH is 1. The van der Waals surface area contributed by atoms with E-state index in [1.165, 1.54) is 27.8 Å². The van der Waals surface area contributed by atoms with Gasteiger partial charge in [-0.1, -0.05) is 78.9 Å². The first-order valence-corrected chi connectivity index (χ1v) is 10.9. The van der Waals surface area contributed by atoms with Gasteiger partial charge in [-0.2, -0.15) is 0 Å². The second-order valence-electron chi connectivity index (χ2n) is 8.12. The standard InChI is InChI=1S/C27H29NO3/c1-28(21(12-9-17-29)18-20-10-3-2-4-11-20)27(30)31-19-26-24-15-7-5-13-22(24)23-14-6-8-16-25(23)26/h2-8,10-11,13-16,21,26,29H,9,12,17-19H2,1H3/t21-/m1/s1. The van der Waals surface area contributed by atoms with Crippen LogP contribution in [0.15, 0.2) is 78.9 Å². The highest BCUT2D eigenvalue weighted by molar-refractivity contribution is 5.79. The molecule has 1 N–H and O–H groups in total. The molecule has 4 nitrogen and oxygen atoms in total. The Labute approximate surface area is 184 Å². The van der Waals surface area contributed by atoms with Crippen molar-refractivity contribution in [1.29, 1.82) is 0 Å². The monoisotopic (exact) mass is 415 g/mol. The molecule has 1 aliphatic rings. The number of likely N-dealkylation sites (N-methyl/N-ethyl adjacent to an activating group) is 1. The Morgan fingerprint density at radius 2 is 1.52 bits per heavy atom. The average Bonchev–Trinajstić information content (AvgIpc) is 3.14. The van der Waals surface area contributed by atoms with Crippen LogP contribution in [0.25, 0.3) is 11.1 Å². The Bertz CT molecular complexity index is 972. The molecule has 1 atom stereocenters. The minimum atomic E-state index is -0.319. The van der Waals surface area contributed by atoms with Crippen molar-refractivity contribution in [3.8, 4) is 11.1 Å². The van der Waals surface area contributed by atoms with Gasteiger partial charge in [-0.15, -0.1) is 0 Å². The maximum atomic E-state index is 13.0. The van der Waals surface area contributed by atoms with Crippen LogP contribution in [0.3, 0.4) is 0 Å². The lowest BCUT2D eigenvalue weighted by atomic mass is 9.98. The van der Waals surface area contributed by atoms with Crippen LogP contribution in [0.5, 0.6) is 0 Å². The zero-order valence-corrected chi connectivity index (χ0v) is 17.9. The number of ether oxygens (including phenoxy) is 1. The lowest BCUT2D eigenvalue weighted by Crippen LogP contribution is -2.39. The summed E-state index contributed by atoms with van der Waals surface area (Å²) in [5.41, 5.74) is 6.03. The zero-order valence-electron chi connectivity index (χ0n) is 17.9. The van der Waals surface area contributed by atoms with E-state index in [2.05, 4.69) is 36.4 Å². The molecule has 0 fully saturated rings. The molecule has 3 aromatic carbocycles. The molecule has 1 aliphatic carbocycles. The lowest BCUT2D eigenvalue weighted by Gasteiger charge is -2.28. The number of benzene rings is 3. The average molecular weight is 416 g/mol. The van der Waals surface area contributed by atoms with Gasteiger partial charge in [0.05, 0.1) is 0 Å². The molecule has 31 heavy (non-hydrogen) atoms. The highest BCUT2D eigenvalue weighted by atomic mass is 16.6. The molecule has 0 saturated heterocycles. The second kappa shape index (κ2) is 9.80. The number of nitrogens with zero attached hydrogens (tertiary/aromatic N) is 1. The fraction of sp³-hybridized carbons (Fsp3) is 0.296. The summed E-state index contributed by atoms with van der Waals surface area (Å²) < 4.78 is 5.82.